The highest BCUT2D eigenvalue weighted by Crippen LogP contribution is 2.22. The van der Waals surface area contributed by atoms with E-state index in [2.05, 4.69) is 5.10 Å². The number of hydrogen-bond donors (Lipinski definition) is 1. The van der Waals surface area contributed by atoms with E-state index < -0.39 is 0 Å². The molecule has 74 valence electrons. The third-order valence-corrected chi connectivity index (χ3v) is 2.31. The fourth-order valence-corrected chi connectivity index (χ4v) is 1.55. The van der Waals surface area contributed by atoms with Crippen molar-refractivity contribution in [3.8, 4) is 5.75 Å². The Bertz CT molecular complexity index is 462. The van der Waals surface area contributed by atoms with E-state index in [1.165, 1.54) is 0 Å². The summed E-state index contributed by atoms with van der Waals surface area (Å²) in [7, 11) is 3.44. The summed E-state index contributed by atoms with van der Waals surface area (Å²) in [6.07, 6.45) is 0. The molecule has 0 unspecified atom stereocenters. The highest BCUT2D eigenvalue weighted by Gasteiger charge is 2.07. The SMILES string of the molecule is COc1ccc2c(CO)n(C)nc2c1. The Kier molecular flexibility index (Phi) is 2.13. The Morgan fingerprint density at radius 1 is 1.50 bits per heavy atom. The number of aryl methyl sites for hydroxylation is 1. The number of hydrogen-bond acceptors (Lipinski definition) is 3. The van der Waals surface area contributed by atoms with Crippen LogP contribution in [-0.2, 0) is 13.7 Å². The fraction of sp³-hybridized carbons (Fsp3) is 0.300. The normalized spacial score (nSPS) is 10.8. The van der Waals surface area contributed by atoms with Crippen molar-refractivity contribution in [1.82, 2.24) is 9.78 Å². The smallest absolute Gasteiger partial charge is 0.121 e. The van der Waals surface area contributed by atoms with Crippen molar-refractivity contribution in [2.24, 2.45) is 7.05 Å². The minimum atomic E-state index is -0.000666. The van der Waals surface area contributed by atoms with Crippen molar-refractivity contribution in [3.63, 3.8) is 0 Å². The maximum atomic E-state index is 9.14. The number of methoxy groups -OCH3 is 1. The number of benzene rings is 1. The lowest BCUT2D eigenvalue weighted by molar-refractivity contribution is 0.272. The number of rotatable bonds is 2. The van der Waals surface area contributed by atoms with Gasteiger partial charge in [-0.2, -0.15) is 5.10 Å². The van der Waals surface area contributed by atoms with Crippen LogP contribution in [0.1, 0.15) is 5.69 Å². The number of aliphatic hydroxyl groups is 1. The maximum absolute atomic E-state index is 9.14. The number of aliphatic hydroxyl groups excluding tert-OH is 1. The Labute approximate surface area is 81.7 Å². The monoisotopic (exact) mass is 192 g/mol. The number of aromatic nitrogens is 2. The molecule has 1 N–H and O–H groups in total. The highest BCUT2D eigenvalue weighted by molar-refractivity contribution is 5.82. The van der Waals surface area contributed by atoms with Gasteiger partial charge in [-0.3, -0.25) is 4.68 Å². The zero-order valence-electron chi connectivity index (χ0n) is 8.19. The number of fused-ring (bicyclic) bond motifs is 1. The summed E-state index contributed by atoms with van der Waals surface area (Å²) in [5, 5.41) is 14.4. The lowest BCUT2D eigenvalue weighted by Crippen LogP contribution is -1.96. The van der Waals surface area contributed by atoms with E-state index in [4.69, 9.17) is 9.84 Å². The molecule has 0 bridgehead atoms. The Morgan fingerprint density at radius 3 is 2.93 bits per heavy atom. The number of ether oxygens (including phenoxy) is 1. The Balaban J connectivity index is 2.68. The summed E-state index contributed by atoms with van der Waals surface area (Å²) in [5.41, 5.74) is 1.67. The van der Waals surface area contributed by atoms with Gasteiger partial charge in [0.15, 0.2) is 0 Å². The van der Waals surface area contributed by atoms with Gasteiger partial charge in [0.2, 0.25) is 0 Å². The van der Waals surface area contributed by atoms with Crippen molar-refractivity contribution < 1.29 is 9.84 Å². The van der Waals surface area contributed by atoms with Crippen LogP contribution in [0.15, 0.2) is 18.2 Å². The van der Waals surface area contributed by atoms with E-state index >= 15 is 0 Å². The second-order valence-electron chi connectivity index (χ2n) is 3.11. The van der Waals surface area contributed by atoms with Crippen molar-refractivity contribution in [1.29, 1.82) is 0 Å². The third kappa shape index (κ3) is 1.24. The molecule has 0 radical (unpaired) electrons. The topological polar surface area (TPSA) is 47.3 Å². The molecule has 0 saturated heterocycles. The first-order valence-electron chi connectivity index (χ1n) is 4.36. The predicted octanol–water partition coefficient (Wildman–Crippen LogP) is 1.07. The second-order valence-corrected chi connectivity index (χ2v) is 3.11. The first kappa shape index (κ1) is 9.02. The van der Waals surface area contributed by atoms with Crippen LogP contribution < -0.4 is 4.74 Å². The molecule has 2 aromatic rings. The highest BCUT2D eigenvalue weighted by atomic mass is 16.5. The molecule has 1 aromatic carbocycles. The zero-order chi connectivity index (χ0) is 10.1. The minimum absolute atomic E-state index is 0.000666. The molecule has 0 amide bonds. The summed E-state index contributed by atoms with van der Waals surface area (Å²) >= 11 is 0. The van der Waals surface area contributed by atoms with E-state index in [1.807, 2.05) is 25.2 Å². The van der Waals surface area contributed by atoms with Gasteiger partial charge in [-0.25, -0.2) is 0 Å². The van der Waals surface area contributed by atoms with Crippen LogP contribution >= 0.6 is 0 Å². The molecule has 0 atom stereocenters. The molecule has 14 heavy (non-hydrogen) atoms. The first-order valence-corrected chi connectivity index (χ1v) is 4.36. The van der Waals surface area contributed by atoms with Gasteiger partial charge in [0.05, 0.1) is 24.9 Å². The van der Waals surface area contributed by atoms with Crippen LogP contribution in [0.4, 0.5) is 0 Å². The van der Waals surface area contributed by atoms with Crippen LogP contribution in [0.3, 0.4) is 0 Å². The summed E-state index contributed by atoms with van der Waals surface area (Å²) in [4.78, 5) is 0. The average Bonchev–Trinajstić information content (AvgIpc) is 2.51. The van der Waals surface area contributed by atoms with Gasteiger partial charge in [-0.05, 0) is 12.1 Å². The molecular formula is C10H12N2O2. The molecule has 0 spiro atoms. The van der Waals surface area contributed by atoms with Gasteiger partial charge < -0.3 is 9.84 Å². The maximum Gasteiger partial charge on any atom is 0.121 e. The van der Waals surface area contributed by atoms with Gasteiger partial charge in [-0.15, -0.1) is 0 Å². The van der Waals surface area contributed by atoms with Crippen LogP contribution in [0, 0.1) is 0 Å². The zero-order valence-corrected chi connectivity index (χ0v) is 8.19. The molecular weight excluding hydrogens is 180 g/mol. The summed E-state index contributed by atoms with van der Waals surface area (Å²) in [6, 6.07) is 5.63. The van der Waals surface area contributed by atoms with Crippen LogP contribution in [0.25, 0.3) is 10.9 Å². The third-order valence-electron chi connectivity index (χ3n) is 2.31. The Hall–Kier alpha value is -1.55. The molecule has 0 fully saturated rings. The van der Waals surface area contributed by atoms with Crippen molar-refractivity contribution in [3.05, 3.63) is 23.9 Å². The van der Waals surface area contributed by atoms with Crippen LogP contribution in [0.5, 0.6) is 5.75 Å². The number of nitrogens with zero attached hydrogens (tertiary/aromatic N) is 2. The van der Waals surface area contributed by atoms with E-state index in [0.717, 1.165) is 22.3 Å². The molecule has 0 aliphatic carbocycles. The van der Waals surface area contributed by atoms with E-state index in [0.29, 0.717) is 0 Å². The predicted molar refractivity (Wildman–Crippen MR) is 53.2 cm³/mol. The van der Waals surface area contributed by atoms with Crippen LogP contribution in [-0.4, -0.2) is 22.0 Å². The molecule has 0 aliphatic heterocycles. The first-order chi connectivity index (χ1) is 6.76. The second kappa shape index (κ2) is 3.31. The largest absolute Gasteiger partial charge is 0.497 e. The molecule has 0 aliphatic rings. The molecule has 0 saturated carbocycles. The summed E-state index contributed by atoms with van der Waals surface area (Å²) < 4.78 is 6.78. The van der Waals surface area contributed by atoms with E-state index in [1.54, 1.807) is 11.8 Å². The summed E-state index contributed by atoms with van der Waals surface area (Å²) in [5.74, 6) is 0.778. The van der Waals surface area contributed by atoms with E-state index in [-0.39, 0.29) is 6.61 Å². The lowest BCUT2D eigenvalue weighted by atomic mass is 10.2. The molecule has 4 heteroatoms. The van der Waals surface area contributed by atoms with Gasteiger partial charge in [0.1, 0.15) is 5.75 Å². The molecule has 1 heterocycles. The van der Waals surface area contributed by atoms with Crippen LogP contribution in [0.2, 0.25) is 0 Å². The van der Waals surface area contributed by atoms with Gasteiger partial charge in [-0.1, -0.05) is 0 Å². The fourth-order valence-electron chi connectivity index (χ4n) is 1.55. The van der Waals surface area contributed by atoms with Crippen molar-refractivity contribution in [2.75, 3.05) is 7.11 Å². The van der Waals surface area contributed by atoms with Gasteiger partial charge >= 0.3 is 0 Å². The standard InChI is InChI=1S/C10H12N2O2/c1-12-10(6-13)8-4-3-7(14-2)5-9(8)11-12/h3-5,13H,6H2,1-2H3. The average molecular weight is 192 g/mol. The molecule has 4 nitrogen and oxygen atoms in total. The Morgan fingerprint density at radius 2 is 2.29 bits per heavy atom. The van der Waals surface area contributed by atoms with Crippen molar-refractivity contribution in [2.45, 2.75) is 6.61 Å². The van der Waals surface area contributed by atoms with Gasteiger partial charge in [0.25, 0.3) is 0 Å². The van der Waals surface area contributed by atoms with E-state index in [9.17, 15) is 0 Å². The lowest BCUT2D eigenvalue weighted by Gasteiger charge is -1.98. The van der Waals surface area contributed by atoms with Crippen molar-refractivity contribution >= 4 is 10.9 Å². The van der Waals surface area contributed by atoms with Gasteiger partial charge in [0, 0.05) is 18.5 Å². The quantitative estimate of drug-likeness (QED) is 0.774. The minimum Gasteiger partial charge on any atom is -0.497 e. The molecule has 2 rings (SSSR count). The summed E-state index contributed by atoms with van der Waals surface area (Å²) in [6.45, 7) is -0.000666. The molecule has 1 aromatic heterocycles.